The normalized spacial score (nSPS) is 11.9. The Bertz CT molecular complexity index is 151. The molecule has 0 aromatic carbocycles. The van der Waals surface area contributed by atoms with Crippen molar-refractivity contribution in [2.75, 3.05) is 40.6 Å². The maximum absolute atomic E-state index is 11.2. The van der Waals surface area contributed by atoms with Crippen LogP contribution in [0.5, 0.6) is 0 Å². The fourth-order valence-corrected chi connectivity index (χ4v) is 1.57. The summed E-state index contributed by atoms with van der Waals surface area (Å²) < 4.78 is 30.0. The molecule has 0 fully saturated rings. The molecule has 13 heavy (non-hydrogen) atoms. The van der Waals surface area contributed by atoms with Crippen molar-refractivity contribution in [1.29, 1.82) is 0 Å². The van der Waals surface area contributed by atoms with Crippen molar-refractivity contribution in [2.45, 2.75) is 0 Å². The van der Waals surface area contributed by atoms with Crippen LogP contribution in [-0.4, -0.2) is 40.6 Å². The van der Waals surface area contributed by atoms with Crippen molar-refractivity contribution in [3.05, 3.63) is 0 Å². The summed E-state index contributed by atoms with van der Waals surface area (Å²) >= 11 is 5.41. The van der Waals surface area contributed by atoms with Crippen molar-refractivity contribution in [2.24, 2.45) is 0 Å². The first-order chi connectivity index (χ1) is 6.12. The lowest BCUT2D eigenvalue weighted by atomic mass is 10.8. The van der Waals surface area contributed by atoms with Crippen LogP contribution < -0.4 is 0 Å². The Hall–Kier alpha value is 0.360. The number of hydrogen-bond acceptors (Lipinski definition) is 5. The summed E-state index contributed by atoms with van der Waals surface area (Å²) in [5.74, 6) is 0. The second-order valence-electron chi connectivity index (χ2n) is 2.08. The van der Waals surface area contributed by atoms with E-state index < -0.39 is 6.95 Å². The molecule has 0 saturated carbocycles. The van der Waals surface area contributed by atoms with Gasteiger partial charge in [-0.25, -0.2) is 4.57 Å². The molecule has 0 aromatic heterocycles. The molecule has 0 aliphatic rings. The van der Waals surface area contributed by atoms with Crippen LogP contribution in [0, 0.1) is 0 Å². The van der Waals surface area contributed by atoms with Gasteiger partial charge >= 0.3 is 6.95 Å². The summed E-state index contributed by atoms with van der Waals surface area (Å²) in [6, 6.07) is 0. The van der Waals surface area contributed by atoms with Gasteiger partial charge in [0.25, 0.3) is 0 Å². The average molecular weight is 233 g/mol. The number of ether oxygens (including phenoxy) is 2. The molecule has 0 radical (unpaired) electrons. The van der Waals surface area contributed by atoms with E-state index in [1.54, 1.807) is 0 Å². The van der Waals surface area contributed by atoms with Crippen molar-refractivity contribution in [3.8, 4) is 0 Å². The van der Waals surface area contributed by atoms with Crippen molar-refractivity contribution < 1.29 is 23.1 Å². The minimum atomic E-state index is -3.44. The zero-order valence-electron chi connectivity index (χ0n) is 7.69. The van der Waals surface area contributed by atoms with E-state index in [9.17, 15) is 4.57 Å². The molecule has 0 aliphatic heterocycles. The molecule has 80 valence electrons. The molecule has 0 N–H and O–H groups in total. The average Bonchev–Trinajstić information content (AvgIpc) is 2.05. The third kappa shape index (κ3) is 8.68. The summed E-state index contributed by atoms with van der Waals surface area (Å²) in [5, 5.41) is 0. The highest BCUT2D eigenvalue weighted by atomic mass is 35.7. The lowest BCUT2D eigenvalue weighted by Crippen LogP contribution is -2.03. The van der Waals surface area contributed by atoms with E-state index in [0.29, 0.717) is 13.2 Å². The van der Waals surface area contributed by atoms with E-state index in [0.717, 1.165) is 0 Å². The van der Waals surface area contributed by atoms with Gasteiger partial charge in [0.1, 0.15) is 0 Å². The SMILES string of the molecule is COCCOP(=O)(Cl)OCCOC. The van der Waals surface area contributed by atoms with Gasteiger partial charge in [-0.15, -0.1) is 0 Å². The highest BCUT2D eigenvalue weighted by molar-refractivity contribution is 7.81. The first-order valence-electron chi connectivity index (χ1n) is 3.69. The van der Waals surface area contributed by atoms with E-state index in [4.69, 9.17) is 20.3 Å². The summed E-state index contributed by atoms with van der Waals surface area (Å²) in [7, 11) is 3.02. The minimum Gasteiger partial charge on any atom is -0.382 e. The Morgan fingerprint density at radius 1 is 1.00 bits per heavy atom. The lowest BCUT2D eigenvalue weighted by Gasteiger charge is -2.10. The van der Waals surface area contributed by atoms with Gasteiger partial charge in [-0.05, 0) is 0 Å². The Balaban J connectivity index is 3.49. The fraction of sp³-hybridized carbons (Fsp3) is 1.00. The van der Waals surface area contributed by atoms with E-state index >= 15 is 0 Å². The van der Waals surface area contributed by atoms with Gasteiger partial charge in [-0.3, -0.25) is 9.05 Å². The van der Waals surface area contributed by atoms with Gasteiger partial charge in [-0.1, -0.05) is 0 Å². The molecule has 0 aromatic rings. The van der Waals surface area contributed by atoms with Crippen LogP contribution in [0.2, 0.25) is 0 Å². The van der Waals surface area contributed by atoms with Gasteiger partial charge in [0.15, 0.2) is 0 Å². The molecule has 5 nitrogen and oxygen atoms in total. The Kier molecular flexibility index (Phi) is 7.95. The summed E-state index contributed by atoms with van der Waals surface area (Å²) in [6.45, 7) is -2.51. The molecule has 0 amide bonds. The van der Waals surface area contributed by atoms with Gasteiger partial charge in [0, 0.05) is 25.5 Å². The van der Waals surface area contributed by atoms with Crippen molar-refractivity contribution in [3.63, 3.8) is 0 Å². The predicted molar refractivity (Wildman–Crippen MR) is 49.1 cm³/mol. The molecule has 0 unspecified atom stereocenters. The van der Waals surface area contributed by atoms with Crippen LogP contribution in [0.15, 0.2) is 0 Å². The fourth-order valence-electron chi connectivity index (χ4n) is 0.497. The van der Waals surface area contributed by atoms with Crippen LogP contribution in [-0.2, 0) is 23.1 Å². The molecular formula is C6H14ClO5P. The van der Waals surface area contributed by atoms with Crippen molar-refractivity contribution in [1.82, 2.24) is 0 Å². The van der Waals surface area contributed by atoms with Crippen LogP contribution in [0.4, 0.5) is 0 Å². The molecule has 0 spiro atoms. The van der Waals surface area contributed by atoms with E-state index in [1.165, 1.54) is 14.2 Å². The monoisotopic (exact) mass is 232 g/mol. The number of halogens is 1. The first kappa shape index (κ1) is 13.4. The topological polar surface area (TPSA) is 54.0 Å². The number of rotatable bonds is 8. The largest absolute Gasteiger partial charge is 0.424 e. The smallest absolute Gasteiger partial charge is 0.382 e. The highest BCUT2D eigenvalue weighted by Gasteiger charge is 2.19. The van der Waals surface area contributed by atoms with E-state index in [1.807, 2.05) is 0 Å². The first-order valence-corrected chi connectivity index (χ1v) is 6.14. The predicted octanol–water partition coefficient (Wildman–Crippen LogP) is 1.66. The van der Waals surface area contributed by atoms with Crippen molar-refractivity contribution >= 4 is 18.2 Å². The standard InChI is InChI=1S/C6H14ClO5P/c1-9-3-5-11-13(7,8)12-6-4-10-2/h3-6H2,1-2H3. The molecule has 7 heteroatoms. The van der Waals surface area contributed by atoms with Gasteiger partial charge in [0.05, 0.1) is 26.4 Å². The molecule has 0 aliphatic carbocycles. The van der Waals surface area contributed by atoms with Gasteiger partial charge < -0.3 is 9.47 Å². The molecular weight excluding hydrogens is 218 g/mol. The summed E-state index contributed by atoms with van der Waals surface area (Å²) in [4.78, 5) is 0. The number of hydrogen-bond donors (Lipinski definition) is 0. The zero-order chi connectivity index (χ0) is 10.2. The minimum absolute atomic E-state index is 0.143. The lowest BCUT2D eigenvalue weighted by molar-refractivity contribution is 0.113. The van der Waals surface area contributed by atoms with Crippen LogP contribution in [0.1, 0.15) is 0 Å². The third-order valence-corrected chi connectivity index (χ3v) is 2.63. The Labute approximate surface area is 82.6 Å². The van der Waals surface area contributed by atoms with Crippen LogP contribution >= 0.6 is 18.2 Å². The zero-order valence-corrected chi connectivity index (χ0v) is 9.35. The second kappa shape index (κ2) is 7.74. The maximum Gasteiger partial charge on any atom is 0.424 e. The summed E-state index contributed by atoms with van der Waals surface area (Å²) in [5.41, 5.74) is 0. The molecule has 0 heterocycles. The van der Waals surface area contributed by atoms with Gasteiger partial charge in [0.2, 0.25) is 0 Å². The second-order valence-corrected chi connectivity index (χ2v) is 4.70. The van der Waals surface area contributed by atoms with Crippen LogP contribution in [0.25, 0.3) is 0 Å². The quantitative estimate of drug-likeness (QED) is 0.471. The molecule has 0 bridgehead atoms. The molecule has 0 atom stereocenters. The molecule has 0 saturated heterocycles. The third-order valence-electron chi connectivity index (χ3n) is 1.07. The Morgan fingerprint density at radius 2 is 1.38 bits per heavy atom. The Morgan fingerprint density at radius 3 is 1.69 bits per heavy atom. The number of methoxy groups -OCH3 is 2. The highest BCUT2D eigenvalue weighted by Crippen LogP contribution is 2.53. The molecule has 0 rings (SSSR count). The maximum atomic E-state index is 11.2. The van der Waals surface area contributed by atoms with E-state index in [2.05, 4.69) is 9.47 Å². The van der Waals surface area contributed by atoms with Gasteiger partial charge in [-0.2, -0.15) is 0 Å². The van der Waals surface area contributed by atoms with E-state index in [-0.39, 0.29) is 13.2 Å². The van der Waals surface area contributed by atoms with Crippen LogP contribution in [0.3, 0.4) is 0 Å². The summed E-state index contributed by atoms with van der Waals surface area (Å²) in [6.07, 6.45) is 0.